The summed E-state index contributed by atoms with van der Waals surface area (Å²) < 4.78 is 5.02. The topological polar surface area (TPSA) is 69.2 Å². The van der Waals surface area contributed by atoms with Gasteiger partial charge >= 0.3 is 0 Å². The average Bonchev–Trinajstić information content (AvgIpc) is 2.77. The molecule has 0 N–H and O–H groups in total. The number of aromatic nitrogens is 1. The van der Waals surface area contributed by atoms with Crippen molar-refractivity contribution in [2.45, 2.75) is 5.09 Å². The summed E-state index contributed by atoms with van der Waals surface area (Å²) in [6.07, 6.45) is 1.89. The number of hydrogen-bond donors (Lipinski definition) is 0. The molecule has 82 valence electrons. The quantitative estimate of drug-likeness (QED) is 0.465. The molecule has 0 atom stereocenters. The van der Waals surface area contributed by atoms with Gasteiger partial charge in [0.05, 0.1) is 4.92 Å². The second-order valence-corrected chi connectivity index (χ2v) is 3.85. The van der Waals surface area contributed by atoms with Crippen molar-refractivity contribution in [1.82, 2.24) is 5.16 Å². The van der Waals surface area contributed by atoms with Crippen molar-refractivity contribution in [3.63, 3.8) is 0 Å². The molecule has 0 aliphatic heterocycles. The monoisotopic (exact) mass is 236 g/mol. The largest absolute Gasteiger partial charge is 0.349 e. The summed E-state index contributed by atoms with van der Waals surface area (Å²) in [7, 11) is 0. The highest BCUT2D eigenvalue weighted by Crippen LogP contribution is 2.25. The van der Waals surface area contributed by atoms with E-state index in [1.165, 1.54) is 23.9 Å². The smallest absolute Gasteiger partial charge is 0.269 e. The summed E-state index contributed by atoms with van der Waals surface area (Å²) in [6.45, 7) is 0. The van der Waals surface area contributed by atoms with Gasteiger partial charge in [-0.1, -0.05) is 16.9 Å². The van der Waals surface area contributed by atoms with Gasteiger partial charge in [0.1, 0.15) is 5.69 Å². The van der Waals surface area contributed by atoms with Gasteiger partial charge in [-0.2, -0.15) is 0 Å². The van der Waals surface area contributed by atoms with Crippen LogP contribution in [0.15, 0.2) is 39.9 Å². The van der Waals surface area contributed by atoms with E-state index in [0.717, 1.165) is 5.56 Å². The molecule has 5 nitrogen and oxygen atoms in total. The fourth-order valence-corrected chi connectivity index (χ4v) is 1.59. The molecular weight excluding hydrogens is 228 g/mol. The van der Waals surface area contributed by atoms with Gasteiger partial charge in [-0.15, -0.1) is 0 Å². The van der Waals surface area contributed by atoms with Crippen LogP contribution in [-0.4, -0.2) is 16.3 Å². The molecule has 0 fully saturated rings. The van der Waals surface area contributed by atoms with E-state index in [2.05, 4.69) is 5.16 Å². The van der Waals surface area contributed by atoms with E-state index in [0.29, 0.717) is 10.8 Å². The third kappa shape index (κ3) is 2.06. The van der Waals surface area contributed by atoms with Gasteiger partial charge in [-0.3, -0.25) is 10.1 Å². The maximum absolute atomic E-state index is 10.5. The Balaban J connectivity index is 2.30. The van der Waals surface area contributed by atoms with Crippen LogP contribution in [0.5, 0.6) is 0 Å². The van der Waals surface area contributed by atoms with Crippen molar-refractivity contribution < 1.29 is 9.45 Å². The molecule has 2 aromatic rings. The van der Waals surface area contributed by atoms with Crippen LogP contribution in [0.2, 0.25) is 0 Å². The molecule has 16 heavy (non-hydrogen) atoms. The summed E-state index contributed by atoms with van der Waals surface area (Å²) in [4.78, 5) is 10.0. The lowest BCUT2D eigenvalue weighted by atomic mass is 10.1. The number of hydrogen-bond acceptors (Lipinski definition) is 5. The molecule has 0 aliphatic rings. The molecule has 0 aliphatic carbocycles. The van der Waals surface area contributed by atoms with E-state index < -0.39 is 4.92 Å². The fourth-order valence-electron chi connectivity index (χ4n) is 1.24. The number of benzene rings is 1. The first kappa shape index (κ1) is 10.7. The first-order chi connectivity index (χ1) is 7.70. The van der Waals surface area contributed by atoms with E-state index in [4.69, 9.17) is 4.52 Å². The Morgan fingerprint density at radius 2 is 2.06 bits per heavy atom. The number of nitro groups is 1. The third-order valence-corrected chi connectivity index (χ3v) is 2.66. The lowest BCUT2D eigenvalue weighted by molar-refractivity contribution is -0.384. The molecule has 1 aromatic heterocycles. The average molecular weight is 236 g/mol. The Kier molecular flexibility index (Phi) is 2.91. The molecule has 0 saturated carbocycles. The number of rotatable bonds is 3. The highest BCUT2D eigenvalue weighted by Gasteiger charge is 2.08. The molecular formula is C10H8N2O3S. The standard InChI is InChI=1S/C10H8N2O3S/c1-16-10-6-9(11-15-10)7-2-4-8(5-3-7)12(13)14/h2-6H,1H3. The van der Waals surface area contributed by atoms with Gasteiger partial charge in [-0.05, 0) is 18.4 Å². The molecule has 1 heterocycles. The molecule has 0 spiro atoms. The first-order valence-electron chi connectivity index (χ1n) is 4.46. The molecule has 0 bridgehead atoms. The van der Waals surface area contributed by atoms with Crippen molar-refractivity contribution in [3.05, 3.63) is 40.4 Å². The van der Waals surface area contributed by atoms with Crippen molar-refractivity contribution >= 4 is 17.4 Å². The van der Waals surface area contributed by atoms with Crippen molar-refractivity contribution in [1.29, 1.82) is 0 Å². The number of non-ortho nitro benzene ring substituents is 1. The van der Waals surface area contributed by atoms with Crippen LogP contribution in [0.3, 0.4) is 0 Å². The number of thioether (sulfide) groups is 1. The Hall–Kier alpha value is -1.82. The van der Waals surface area contributed by atoms with Gasteiger partial charge in [-0.25, -0.2) is 0 Å². The summed E-state index contributed by atoms with van der Waals surface area (Å²) in [5, 5.41) is 15.0. The van der Waals surface area contributed by atoms with Gasteiger partial charge in [0, 0.05) is 23.8 Å². The molecule has 0 radical (unpaired) electrons. The van der Waals surface area contributed by atoms with E-state index >= 15 is 0 Å². The fraction of sp³-hybridized carbons (Fsp3) is 0.100. The predicted octanol–water partition coefficient (Wildman–Crippen LogP) is 2.97. The van der Waals surface area contributed by atoms with Crippen LogP contribution in [0, 0.1) is 10.1 Å². The zero-order valence-electron chi connectivity index (χ0n) is 8.41. The van der Waals surface area contributed by atoms with Crippen LogP contribution >= 0.6 is 11.8 Å². The summed E-state index contributed by atoms with van der Waals surface area (Å²) >= 11 is 1.45. The van der Waals surface area contributed by atoms with E-state index in [1.807, 2.05) is 6.26 Å². The zero-order chi connectivity index (χ0) is 11.5. The second-order valence-electron chi connectivity index (χ2n) is 3.04. The zero-order valence-corrected chi connectivity index (χ0v) is 9.23. The minimum absolute atomic E-state index is 0.0670. The molecule has 0 unspecified atom stereocenters. The summed E-state index contributed by atoms with van der Waals surface area (Å²) in [5.74, 6) is 0. The minimum Gasteiger partial charge on any atom is -0.349 e. The normalized spacial score (nSPS) is 10.3. The van der Waals surface area contributed by atoms with Gasteiger partial charge in [0.25, 0.3) is 5.69 Å². The van der Waals surface area contributed by atoms with Gasteiger partial charge < -0.3 is 4.52 Å². The number of nitro benzene ring substituents is 1. The molecule has 0 amide bonds. The van der Waals surface area contributed by atoms with Crippen LogP contribution in [0.25, 0.3) is 11.3 Å². The Morgan fingerprint density at radius 1 is 1.38 bits per heavy atom. The van der Waals surface area contributed by atoms with Crippen LogP contribution in [-0.2, 0) is 0 Å². The van der Waals surface area contributed by atoms with E-state index in [1.54, 1.807) is 18.2 Å². The highest BCUT2D eigenvalue weighted by molar-refractivity contribution is 7.98. The van der Waals surface area contributed by atoms with E-state index in [9.17, 15) is 10.1 Å². The van der Waals surface area contributed by atoms with Gasteiger partial charge in [0.15, 0.2) is 5.09 Å². The highest BCUT2D eigenvalue weighted by atomic mass is 32.2. The lowest BCUT2D eigenvalue weighted by Crippen LogP contribution is -1.86. The first-order valence-corrected chi connectivity index (χ1v) is 5.68. The van der Waals surface area contributed by atoms with Crippen molar-refractivity contribution in [3.8, 4) is 11.3 Å². The van der Waals surface area contributed by atoms with Gasteiger partial charge in [0.2, 0.25) is 0 Å². The van der Waals surface area contributed by atoms with Crippen LogP contribution in [0.1, 0.15) is 0 Å². The van der Waals surface area contributed by atoms with Crippen LogP contribution in [0.4, 0.5) is 5.69 Å². The predicted molar refractivity (Wildman–Crippen MR) is 60.4 cm³/mol. The Bertz CT molecular complexity index is 507. The van der Waals surface area contributed by atoms with E-state index in [-0.39, 0.29) is 5.69 Å². The molecule has 1 aromatic carbocycles. The molecule has 6 heteroatoms. The summed E-state index contributed by atoms with van der Waals surface area (Å²) in [6, 6.07) is 8.00. The Labute approximate surface area is 95.6 Å². The summed E-state index contributed by atoms with van der Waals surface area (Å²) in [5.41, 5.74) is 1.55. The van der Waals surface area contributed by atoms with Crippen molar-refractivity contribution in [2.24, 2.45) is 0 Å². The SMILES string of the molecule is CSc1cc(-c2ccc([N+](=O)[O-])cc2)no1. The maximum atomic E-state index is 10.5. The molecule has 0 saturated heterocycles. The minimum atomic E-state index is -0.431. The van der Waals surface area contributed by atoms with Crippen molar-refractivity contribution in [2.75, 3.05) is 6.26 Å². The third-order valence-electron chi connectivity index (χ3n) is 2.06. The Morgan fingerprint density at radius 3 is 2.56 bits per heavy atom. The second kappa shape index (κ2) is 4.36. The van der Waals surface area contributed by atoms with Crippen LogP contribution < -0.4 is 0 Å². The maximum Gasteiger partial charge on any atom is 0.269 e. The number of nitrogens with zero attached hydrogens (tertiary/aromatic N) is 2. The molecule has 2 rings (SSSR count). The lowest BCUT2D eigenvalue weighted by Gasteiger charge is -1.94.